The summed E-state index contributed by atoms with van der Waals surface area (Å²) in [5.41, 5.74) is 1.37. The van der Waals surface area contributed by atoms with Crippen LogP contribution in [-0.4, -0.2) is 29.3 Å². The molecule has 0 amide bonds. The SMILES string of the molecule is CC(C)(C)C1=CC2(ON=C(c3c(Cl)cccc3Cl)O2)C(=O)C2C(c3c(Cl)cccc3Cl)=NOC12. The summed E-state index contributed by atoms with van der Waals surface area (Å²) in [5, 5.41) is 9.59. The smallest absolute Gasteiger partial charge is 0.357 e. The molecular formula is C24H18Cl4N2O4. The van der Waals surface area contributed by atoms with E-state index in [0.717, 1.165) is 5.57 Å². The molecule has 0 saturated carbocycles. The Morgan fingerprint density at radius 2 is 1.44 bits per heavy atom. The number of ketones is 1. The summed E-state index contributed by atoms with van der Waals surface area (Å²) in [6, 6.07) is 10.0. The van der Waals surface area contributed by atoms with Crippen molar-refractivity contribution in [3.8, 4) is 0 Å². The van der Waals surface area contributed by atoms with Crippen LogP contribution in [0.15, 0.2) is 58.4 Å². The first kappa shape index (κ1) is 23.5. The molecule has 0 radical (unpaired) electrons. The number of carbonyl (C=O) groups is 1. The molecule has 0 N–H and O–H groups in total. The van der Waals surface area contributed by atoms with E-state index in [1.807, 2.05) is 20.8 Å². The zero-order chi connectivity index (χ0) is 24.4. The van der Waals surface area contributed by atoms with Crippen LogP contribution >= 0.6 is 46.4 Å². The fraction of sp³-hybridized carbons (Fsp3) is 0.292. The Morgan fingerprint density at radius 3 is 2.00 bits per heavy atom. The van der Waals surface area contributed by atoms with Crippen LogP contribution in [-0.2, 0) is 19.2 Å². The second-order valence-electron chi connectivity index (χ2n) is 9.14. The van der Waals surface area contributed by atoms with E-state index in [9.17, 15) is 4.79 Å². The first-order valence-electron chi connectivity index (χ1n) is 10.4. The van der Waals surface area contributed by atoms with Gasteiger partial charge in [-0.2, -0.15) is 0 Å². The third-order valence-electron chi connectivity index (χ3n) is 5.91. The molecule has 34 heavy (non-hydrogen) atoms. The van der Waals surface area contributed by atoms with Crippen molar-refractivity contribution >= 4 is 63.8 Å². The number of Topliss-reactive ketones (excluding diaryl/α,β-unsaturated/α-hetero) is 1. The Balaban J connectivity index is 1.61. The van der Waals surface area contributed by atoms with Crippen molar-refractivity contribution in [3.63, 3.8) is 0 Å². The van der Waals surface area contributed by atoms with E-state index in [4.69, 9.17) is 60.8 Å². The van der Waals surface area contributed by atoms with E-state index >= 15 is 0 Å². The fourth-order valence-electron chi connectivity index (χ4n) is 4.27. The number of halogens is 4. The Bertz CT molecular complexity index is 1270. The number of ether oxygens (including phenoxy) is 1. The van der Waals surface area contributed by atoms with Gasteiger partial charge in [0.25, 0.3) is 5.90 Å². The van der Waals surface area contributed by atoms with Crippen LogP contribution in [0.3, 0.4) is 0 Å². The summed E-state index contributed by atoms with van der Waals surface area (Å²) >= 11 is 25.5. The number of rotatable bonds is 2. The third kappa shape index (κ3) is 3.59. The average molecular weight is 540 g/mol. The Labute approximate surface area is 216 Å². The van der Waals surface area contributed by atoms with Gasteiger partial charge in [-0.05, 0) is 40.4 Å². The maximum absolute atomic E-state index is 14.0. The molecule has 0 saturated heterocycles. The molecule has 1 spiro atoms. The van der Waals surface area contributed by atoms with Gasteiger partial charge in [0.15, 0.2) is 6.10 Å². The van der Waals surface area contributed by atoms with Crippen LogP contribution in [0.2, 0.25) is 20.1 Å². The highest BCUT2D eigenvalue weighted by atomic mass is 35.5. The lowest BCUT2D eigenvalue weighted by Crippen LogP contribution is -2.54. The predicted molar refractivity (Wildman–Crippen MR) is 132 cm³/mol. The molecule has 6 nitrogen and oxygen atoms in total. The first-order chi connectivity index (χ1) is 16.0. The van der Waals surface area contributed by atoms with Crippen molar-refractivity contribution in [2.45, 2.75) is 32.7 Å². The van der Waals surface area contributed by atoms with Gasteiger partial charge < -0.3 is 14.4 Å². The highest BCUT2D eigenvalue weighted by Gasteiger charge is 2.61. The molecule has 3 atom stereocenters. The number of oxime groups is 2. The summed E-state index contributed by atoms with van der Waals surface area (Å²) in [6.07, 6.45) is 0.922. The second kappa shape index (κ2) is 8.16. The van der Waals surface area contributed by atoms with Crippen LogP contribution in [0, 0.1) is 11.3 Å². The third-order valence-corrected chi connectivity index (χ3v) is 7.17. The predicted octanol–water partition coefficient (Wildman–Crippen LogP) is 6.68. The maximum Gasteiger partial charge on any atom is 0.357 e. The summed E-state index contributed by atoms with van der Waals surface area (Å²) in [4.78, 5) is 25.5. The minimum absolute atomic E-state index is 0.0000826. The van der Waals surface area contributed by atoms with Crippen molar-refractivity contribution in [1.82, 2.24) is 0 Å². The van der Waals surface area contributed by atoms with Crippen LogP contribution in [0.4, 0.5) is 0 Å². The van der Waals surface area contributed by atoms with E-state index in [-0.39, 0.29) is 5.90 Å². The normalized spacial score (nSPS) is 25.7. The number of fused-ring (bicyclic) bond motifs is 1. The minimum Gasteiger partial charge on any atom is -0.420 e. The van der Waals surface area contributed by atoms with E-state index in [1.54, 1.807) is 42.5 Å². The lowest BCUT2D eigenvalue weighted by molar-refractivity contribution is -0.172. The largest absolute Gasteiger partial charge is 0.420 e. The molecule has 2 aromatic carbocycles. The first-order valence-corrected chi connectivity index (χ1v) is 11.9. The molecule has 10 heteroatoms. The van der Waals surface area contributed by atoms with E-state index in [2.05, 4.69) is 10.3 Å². The van der Waals surface area contributed by atoms with Crippen LogP contribution in [0.25, 0.3) is 0 Å². The van der Waals surface area contributed by atoms with Gasteiger partial charge in [0, 0.05) is 11.6 Å². The van der Waals surface area contributed by atoms with Crippen molar-refractivity contribution in [2.75, 3.05) is 0 Å². The topological polar surface area (TPSA) is 69.5 Å². The van der Waals surface area contributed by atoms with Gasteiger partial charge in [-0.1, -0.05) is 84.5 Å². The van der Waals surface area contributed by atoms with Gasteiger partial charge in [0.05, 0.1) is 25.7 Å². The lowest BCUT2D eigenvalue weighted by Gasteiger charge is -2.37. The molecule has 0 aromatic heterocycles. The molecule has 0 fully saturated rings. The van der Waals surface area contributed by atoms with Crippen LogP contribution < -0.4 is 0 Å². The number of nitrogens with zero attached hydrogens (tertiary/aromatic N) is 2. The lowest BCUT2D eigenvalue weighted by atomic mass is 9.70. The van der Waals surface area contributed by atoms with Gasteiger partial charge in [0.2, 0.25) is 5.78 Å². The quantitative estimate of drug-likeness (QED) is 0.399. The molecule has 0 bridgehead atoms. The van der Waals surface area contributed by atoms with Crippen molar-refractivity contribution in [2.24, 2.45) is 21.6 Å². The fourth-order valence-corrected chi connectivity index (χ4v) is 5.42. The Hall–Kier alpha value is -2.25. The van der Waals surface area contributed by atoms with Crippen molar-refractivity contribution < 1.29 is 19.2 Å². The summed E-state index contributed by atoms with van der Waals surface area (Å²) in [6.45, 7) is 5.97. The molecule has 2 aliphatic heterocycles. The second-order valence-corrected chi connectivity index (χ2v) is 10.8. The van der Waals surface area contributed by atoms with Gasteiger partial charge in [-0.3, -0.25) is 4.79 Å². The van der Waals surface area contributed by atoms with E-state index in [1.165, 1.54) is 0 Å². The zero-order valence-electron chi connectivity index (χ0n) is 18.2. The zero-order valence-corrected chi connectivity index (χ0v) is 21.3. The van der Waals surface area contributed by atoms with E-state index < -0.39 is 29.0 Å². The Morgan fingerprint density at radius 1 is 0.882 bits per heavy atom. The van der Waals surface area contributed by atoms with Gasteiger partial charge in [-0.25, -0.2) is 0 Å². The van der Waals surface area contributed by atoms with Crippen molar-refractivity contribution in [3.05, 3.63) is 79.3 Å². The number of carbonyl (C=O) groups excluding carboxylic acids is 1. The standard InChI is InChI=1S/C24H18Cl4N2O4/c1-23(2,3)11-10-24(32-22(30-34-24)17-14(27)8-5-9-15(17)28)21(31)18-19(29-33-20(11)18)16-12(25)6-4-7-13(16)26/h4-10,18,20H,1-3H3. The molecule has 3 unspecified atom stereocenters. The van der Waals surface area contributed by atoms with Gasteiger partial charge in [-0.15, -0.1) is 0 Å². The summed E-state index contributed by atoms with van der Waals surface area (Å²) < 4.78 is 6.08. The average Bonchev–Trinajstić information content (AvgIpc) is 3.36. The monoisotopic (exact) mass is 538 g/mol. The van der Waals surface area contributed by atoms with Crippen LogP contribution in [0.1, 0.15) is 31.9 Å². The summed E-state index contributed by atoms with van der Waals surface area (Å²) in [5.74, 6) is -3.21. The molecule has 2 heterocycles. The highest BCUT2D eigenvalue weighted by molar-refractivity contribution is 6.42. The number of benzene rings is 2. The molecular weight excluding hydrogens is 522 g/mol. The van der Waals surface area contributed by atoms with Crippen LogP contribution in [0.5, 0.6) is 0 Å². The molecule has 2 aromatic rings. The minimum atomic E-state index is -1.86. The summed E-state index contributed by atoms with van der Waals surface area (Å²) in [7, 11) is 0. The highest BCUT2D eigenvalue weighted by Crippen LogP contribution is 2.48. The number of hydrogen-bond donors (Lipinski definition) is 0. The molecule has 5 rings (SSSR count). The van der Waals surface area contributed by atoms with Gasteiger partial charge >= 0.3 is 5.79 Å². The molecule has 176 valence electrons. The van der Waals surface area contributed by atoms with E-state index in [0.29, 0.717) is 36.9 Å². The Kier molecular flexibility index (Phi) is 5.64. The molecule has 1 aliphatic carbocycles. The molecule has 3 aliphatic rings. The van der Waals surface area contributed by atoms with Crippen molar-refractivity contribution in [1.29, 1.82) is 0 Å². The maximum atomic E-state index is 14.0. The van der Waals surface area contributed by atoms with Gasteiger partial charge in [0.1, 0.15) is 11.6 Å². The number of hydrogen-bond acceptors (Lipinski definition) is 6.